The molecular weight excluding hydrogens is 799 g/mol. The van der Waals surface area contributed by atoms with E-state index >= 15 is 0 Å². The molecule has 0 saturated carbocycles. The van der Waals surface area contributed by atoms with E-state index in [9.17, 15) is 0 Å². The molecule has 66 heavy (non-hydrogen) atoms. The monoisotopic (exact) mass is 851 g/mol. The number of benzene rings is 8. The average Bonchev–Trinajstić information content (AvgIpc) is 3.99. The summed E-state index contributed by atoms with van der Waals surface area (Å²) >= 11 is 0. The first-order chi connectivity index (χ1) is 32.4. The second-order valence-corrected chi connectivity index (χ2v) is 19.8. The normalized spacial score (nSPS) is 18.5. The van der Waals surface area contributed by atoms with Crippen molar-refractivity contribution in [2.75, 3.05) is 4.90 Å². The van der Waals surface area contributed by atoms with Crippen molar-refractivity contribution in [3.63, 3.8) is 0 Å². The lowest BCUT2D eigenvalue weighted by molar-refractivity contribution is 0.565. The van der Waals surface area contributed by atoms with Crippen molar-refractivity contribution < 1.29 is 4.42 Å². The molecule has 1 aromatic heterocycles. The van der Waals surface area contributed by atoms with Crippen molar-refractivity contribution >= 4 is 49.7 Å². The van der Waals surface area contributed by atoms with Gasteiger partial charge in [-0.25, -0.2) is 0 Å². The van der Waals surface area contributed by atoms with E-state index < -0.39 is 0 Å². The molecule has 1 aliphatic heterocycles. The Hall–Kier alpha value is -7.16. The van der Waals surface area contributed by atoms with Crippen LogP contribution in [0.2, 0.25) is 0 Å². The molecule has 320 valence electrons. The highest BCUT2D eigenvalue weighted by molar-refractivity contribution is 6.06. The SMILES string of the molecule is CC1(C)c2cc(CCC(C3=CC=C(c4ccc5oc6ccccc6c5c4)CC3)c3ccc(-c4ccc5ccccc5c4)cc3)ccc2-c2ccc(N3c4ccccc4C4C=CCCC43)cc21. The van der Waals surface area contributed by atoms with Gasteiger partial charge in [0.15, 0.2) is 0 Å². The first-order valence-corrected chi connectivity index (χ1v) is 24.2. The third-order valence-corrected chi connectivity index (χ3v) is 15.8. The molecule has 0 bridgehead atoms. The van der Waals surface area contributed by atoms with Crippen molar-refractivity contribution in [2.24, 2.45) is 0 Å². The lowest BCUT2D eigenvalue weighted by Crippen LogP contribution is -2.31. The number of hydrogen-bond donors (Lipinski definition) is 0. The number of hydrogen-bond acceptors (Lipinski definition) is 2. The van der Waals surface area contributed by atoms with Crippen LogP contribution in [-0.2, 0) is 11.8 Å². The first-order valence-electron chi connectivity index (χ1n) is 24.2. The molecule has 3 aliphatic carbocycles. The summed E-state index contributed by atoms with van der Waals surface area (Å²) in [5, 5.41) is 4.93. The van der Waals surface area contributed by atoms with E-state index in [1.54, 1.807) is 0 Å². The van der Waals surface area contributed by atoms with Crippen LogP contribution >= 0.6 is 0 Å². The molecule has 2 nitrogen and oxygen atoms in total. The Balaban J connectivity index is 0.809. The molecular formula is C64H53NO. The van der Waals surface area contributed by atoms with Gasteiger partial charge in [-0.3, -0.25) is 0 Å². The highest BCUT2D eigenvalue weighted by Crippen LogP contribution is 2.54. The van der Waals surface area contributed by atoms with Gasteiger partial charge in [0.05, 0.1) is 0 Å². The number of furan rings is 1. The summed E-state index contributed by atoms with van der Waals surface area (Å²) < 4.78 is 6.18. The third kappa shape index (κ3) is 6.44. The van der Waals surface area contributed by atoms with Gasteiger partial charge in [0.2, 0.25) is 0 Å². The van der Waals surface area contributed by atoms with Crippen molar-refractivity contribution in [1.82, 2.24) is 0 Å². The summed E-state index contributed by atoms with van der Waals surface area (Å²) in [7, 11) is 0. The van der Waals surface area contributed by atoms with Gasteiger partial charge in [-0.05, 0) is 153 Å². The van der Waals surface area contributed by atoms with E-state index in [2.05, 4.69) is 207 Å². The van der Waals surface area contributed by atoms with Gasteiger partial charge in [0, 0.05) is 45.4 Å². The standard InChI is InChI=1S/C64H53NO/c1-64(2)58-37-41(20-34-52(58)53-35-32-50(40-59(53)64)65-60-16-8-5-13-54(60)55-14-6-9-17-61(55)65)19-33-51(45-26-21-43(22-27-45)48-30-25-42-11-3-4-12-47(42)38-48)46-28-23-44(24-29-46)49-31-36-63-57(39-49)56-15-7-10-18-62(56)66-63/h3-8,10-16,18,20-23,25-28,30-32,34-40,51,55,61H,9,17,19,24,29,33H2,1-2H3. The van der Waals surface area contributed by atoms with E-state index in [1.807, 2.05) is 6.07 Å². The summed E-state index contributed by atoms with van der Waals surface area (Å²) in [4.78, 5) is 2.65. The van der Waals surface area contributed by atoms with E-state index in [0.717, 1.165) is 43.3 Å². The minimum absolute atomic E-state index is 0.0986. The second kappa shape index (κ2) is 15.5. The summed E-state index contributed by atoms with van der Waals surface area (Å²) in [5.41, 5.74) is 21.2. The fourth-order valence-corrected chi connectivity index (χ4v) is 12.3. The molecule has 0 N–H and O–H groups in total. The maximum Gasteiger partial charge on any atom is 0.135 e. The number of fused-ring (bicyclic) bond motifs is 10. The predicted molar refractivity (Wildman–Crippen MR) is 277 cm³/mol. The minimum atomic E-state index is -0.0986. The van der Waals surface area contributed by atoms with E-state index in [0.29, 0.717) is 17.9 Å². The maximum atomic E-state index is 6.18. The van der Waals surface area contributed by atoms with Crippen LogP contribution in [0, 0.1) is 0 Å². The number of nitrogens with zero attached hydrogens (tertiary/aromatic N) is 1. The number of para-hydroxylation sites is 2. The average molecular weight is 852 g/mol. The van der Waals surface area contributed by atoms with Gasteiger partial charge < -0.3 is 9.32 Å². The Morgan fingerprint density at radius 3 is 2.26 bits per heavy atom. The Kier molecular flexibility index (Phi) is 9.21. The largest absolute Gasteiger partial charge is 0.456 e. The van der Waals surface area contributed by atoms with E-state index in [1.165, 1.54) is 106 Å². The summed E-state index contributed by atoms with van der Waals surface area (Å²) in [6.07, 6.45) is 16.1. The van der Waals surface area contributed by atoms with Crippen LogP contribution in [0.25, 0.3) is 60.5 Å². The molecule has 3 atom stereocenters. The Labute approximate surface area is 388 Å². The van der Waals surface area contributed by atoms with Crippen molar-refractivity contribution in [2.45, 2.75) is 75.7 Å². The van der Waals surface area contributed by atoms with Gasteiger partial charge in [0.1, 0.15) is 11.2 Å². The van der Waals surface area contributed by atoms with Crippen LogP contribution in [0.1, 0.15) is 91.2 Å². The summed E-state index contributed by atoms with van der Waals surface area (Å²) in [6, 6.07) is 64.3. The first kappa shape index (κ1) is 39.2. The van der Waals surface area contributed by atoms with Gasteiger partial charge in [-0.1, -0.05) is 171 Å². The fraction of sp³-hybridized carbons (Fsp3) is 0.188. The predicted octanol–water partition coefficient (Wildman–Crippen LogP) is 17.2. The van der Waals surface area contributed by atoms with E-state index in [4.69, 9.17) is 4.42 Å². The lowest BCUT2D eigenvalue weighted by Gasteiger charge is -2.32. The molecule has 13 rings (SSSR count). The zero-order chi connectivity index (χ0) is 43.9. The maximum absolute atomic E-state index is 6.18. The van der Waals surface area contributed by atoms with Crippen LogP contribution in [0.15, 0.2) is 204 Å². The number of anilines is 2. The van der Waals surface area contributed by atoms with Gasteiger partial charge in [-0.2, -0.15) is 0 Å². The Morgan fingerprint density at radius 1 is 0.621 bits per heavy atom. The van der Waals surface area contributed by atoms with Gasteiger partial charge in [0.25, 0.3) is 0 Å². The van der Waals surface area contributed by atoms with Crippen molar-refractivity contribution in [3.8, 4) is 22.3 Å². The smallest absolute Gasteiger partial charge is 0.135 e. The number of allylic oxidation sites excluding steroid dienone is 5. The quantitative estimate of drug-likeness (QED) is 0.142. The number of aryl methyl sites for hydroxylation is 1. The Morgan fingerprint density at radius 2 is 1.38 bits per heavy atom. The van der Waals surface area contributed by atoms with Crippen molar-refractivity contribution in [1.29, 1.82) is 0 Å². The molecule has 0 radical (unpaired) electrons. The topological polar surface area (TPSA) is 16.4 Å². The lowest BCUT2D eigenvalue weighted by atomic mass is 9.79. The van der Waals surface area contributed by atoms with Crippen LogP contribution in [0.3, 0.4) is 0 Å². The highest BCUT2D eigenvalue weighted by Gasteiger charge is 2.41. The molecule has 4 aliphatic rings. The molecule has 2 heterocycles. The minimum Gasteiger partial charge on any atom is -0.456 e. The molecule has 9 aromatic rings. The molecule has 0 saturated heterocycles. The molecule has 8 aromatic carbocycles. The zero-order valence-corrected chi connectivity index (χ0v) is 37.8. The van der Waals surface area contributed by atoms with Crippen LogP contribution < -0.4 is 4.90 Å². The van der Waals surface area contributed by atoms with Crippen LogP contribution in [-0.4, -0.2) is 6.04 Å². The molecule has 0 fully saturated rings. The second-order valence-electron chi connectivity index (χ2n) is 19.8. The number of rotatable bonds is 8. The highest BCUT2D eigenvalue weighted by atomic mass is 16.3. The van der Waals surface area contributed by atoms with Gasteiger partial charge >= 0.3 is 0 Å². The summed E-state index contributed by atoms with van der Waals surface area (Å²) in [5.74, 6) is 0.778. The molecule has 2 heteroatoms. The van der Waals surface area contributed by atoms with Crippen LogP contribution in [0.5, 0.6) is 0 Å². The van der Waals surface area contributed by atoms with Crippen molar-refractivity contribution in [3.05, 3.63) is 233 Å². The van der Waals surface area contributed by atoms with Crippen LogP contribution in [0.4, 0.5) is 11.4 Å². The molecule has 0 amide bonds. The van der Waals surface area contributed by atoms with E-state index in [-0.39, 0.29) is 5.41 Å². The molecule has 3 unspecified atom stereocenters. The zero-order valence-electron chi connectivity index (χ0n) is 37.8. The molecule has 0 spiro atoms. The summed E-state index contributed by atoms with van der Waals surface area (Å²) in [6.45, 7) is 4.89. The van der Waals surface area contributed by atoms with Gasteiger partial charge in [-0.15, -0.1) is 0 Å². The third-order valence-electron chi connectivity index (χ3n) is 15.8. The Bertz CT molecular complexity index is 3480. The fourth-order valence-electron chi connectivity index (χ4n) is 12.3.